The van der Waals surface area contributed by atoms with Gasteiger partial charge in [-0.1, -0.05) is 37.6 Å². The summed E-state index contributed by atoms with van der Waals surface area (Å²) in [6, 6.07) is 13.2. The number of methoxy groups -OCH3 is 1. The van der Waals surface area contributed by atoms with E-state index in [9.17, 15) is 0 Å². The zero-order chi connectivity index (χ0) is 16.7. The molecule has 122 valence electrons. The van der Waals surface area contributed by atoms with Crippen LogP contribution in [0, 0.1) is 5.92 Å². The molecule has 0 amide bonds. The van der Waals surface area contributed by atoms with Gasteiger partial charge in [0.2, 0.25) is 0 Å². The second-order valence-corrected chi connectivity index (χ2v) is 5.90. The zero-order valence-corrected chi connectivity index (χ0v) is 14.3. The predicted molar refractivity (Wildman–Crippen MR) is 96.0 cm³/mol. The first-order valence-corrected chi connectivity index (χ1v) is 7.81. The minimum Gasteiger partial charge on any atom is -0.495 e. The van der Waals surface area contributed by atoms with Crippen molar-refractivity contribution in [2.75, 3.05) is 19.1 Å². The van der Waals surface area contributed by atoms with Gasteiger partial charge in [-0.25, -0.2) is 0 Å². The Labute approximate surface area is 142 Å². The van der Waals surface area contributed by atoms with Gasteiger partial charge in [-0.3, -0.25) is 5.43 Å². The number of hydrazone groups is 1. The van der Waals surface area contributed by atoms with E-state index in [1.165, 1.54) is 0 Å². The molecule has 0 unspecified atom stereocenters. The molecule has 0 aliphatic heterocycles. The number of halogens is 1. The summed E-state index contributed by atoms with van der Waals surface area (Å²) < 4.78 is 10.8. The molecule has 23 heavy (non-hydrogen) atoms. The molecule has 0 aromatic heterocycles. The first kappa shape index (κ1) is 17.2. The third-order valence-corrected chi connectivity index (χ3v) is 3.30. The summed E-state index contributed by atoms with van der Waals surface area (Å²) in [6.07, 6.45) is 1.74. The summed E-state index contributed by atoms with van der Waals surface area (Å²) in [7, 11) is 1.58. The normalized spacial score (nSPS) is 11.0. The lowest BCUT2D eigenvalue weighted by Crippen LogP contribution is -2.04. The summed E-state index contributed by atoms with van der Waals surface area (Å²) in [5.74, 6) is 1.97. The number of ether oxygens (including phenoxy) is 2. The van der Waals surface area contributed by atoms with Gasteiger partial charge < -0.3 is 9.47 Å². The van der Waals surface area contributed by atoms with Crippen LogP contribution in [0.15, 0.2) is 47.6 Å². The van der Waals surface area contributed by atoms with Crippen molar-refractivity contribution in [3.8, 4) is 11.5 Å². The molecule has 0 bridgehead atoms. The lowest BCUT2D eigenvalue weighted by molar-refractivity contribution is 0.271. The van der Waals surface area contributed by atoms with Crippen LogP contribution in [0.2, 0.25) is 5.02 Å². The molecule has 4 nitrogen and oxygen atoms in total. The van der Waals surface area contributed by atoms with Crippen LogP contribution in [-0.2, 0) is 0 Å². The fourth-order valence-corrected chi connectivity index (χ4v) is 2.12. The van der Waals surface area contributed by atoms with Gasteiger partial charge in [0.15, 0.2) is 0 Å². The van der Waals surface area contributed by atoms with Gasteiger partial charge in [0, 0.05) is 0 Å². The maximum atomic E-state index is 6.07. The van der Waals surface area contributed by atoms with E-state index in [0.717, 1.165) is 17.0 Å². The molecule has 0 aliphatic carbocycles. The molecule has 2 aromatic rings. The van der Waals surface area contributed by atoms with Crippen molar-refractivity contribution in [3.63, 3.8) is 0 Å². The van der Waals surface area contributed by atoms with Gasteiger partial charge >= 0.3 is 0 Å². The van der Waals surface area contributed by atoms with E-state index < -0.39 is 0 Å². The Kier molecular flexibility index (Phi) is 6.29. The van der Waals surface area contributed by atoms with Gasteiger partial charge in [-0.2, -0.15) is 5.10 Å². The van der Waals surface area contributed by atoms with Crippen LogP contribution in [0.5, 0.6) is 11.5 Å². The largest absolute Gasteiger partial charge is 0.495 e. The average molecular weight is 333 g/mol. The van der Waals surface area contributed by atoms with Gasteiger partial charge in [-0.05, 0) is 41.8 Å². The van der Waals surface area contributed by atoms with Crippen LogP contribution in [0.25, 0.3) is 0 Å². The number of nitrogens with one attached hydrogen (secondary N) is 1. The zero-order valence-electron chi connectivity index (χ0n) is 13.5. The molecule has 1 N–H and O–H groups in total. The van der Waals surface area contributed by atoms with Crippen LogP contribution in [0.3, 0.4) is 0 Å². The first-order chi connectivity index (χ1) is 11.1. The highest BCUT2D eigenvalue weighted by Gasteiger charge is 2.01. The molecule has 2 rings (SSSR count). The van der Waals surface area contributed by atoms with Crippen LogP contribution in [0.1, 0.15) is 19.4 Å². The van der Waals surface area contributed by atoms with Crippen molar-refractivity contribution >= 4 is 23.5 Å². The first-order valence-electron chi connectivity index (χ1n) is 7.44. The highest BCUT2D eigenvalue weighted by atomic mass is 35.5. The third kappa shape index (κ3) is 5.49. The molecule has 0 saturated carbocycles. The second kappa shape index (κ2) is 8.44. The fourth-order valence-electron chi connectivity index (χ4n) is 1.86. The monoisotopic (exact) mass is 332 g/mol. The number of hydrogen-bond donors (Lipinski definition) is 1. The molecule has 0 heterocycles. The van der Waals surface area contributed by atoms with Gasteiger partial charge in [0.1, 0.15) is 11.5 Å². The maximum absolute atomic E-state index is 6.07. The summed E-state index contributed by atoms with van der Waals surface area (Å²) in [5.41, 5.74) is 4.69. The van der Waals surface area contributed by atoms with Crippen LogP contribution >= 0.6 is 11.6 Å². The van der Waals surface area contributed by atoms with Crippen molar-refractivity contribution in [3.05, 3.63) is 53.1 Å². The number of nitrogens with zero attached hydrogens (tertiary/aromatic N) is 1. The SMILES string of the molecule is COc1ccc(N/N=C/c2cccc(OCC(C)C)c2)cc1Cl. The van der Waals surface area contributed by atoms with Crippen molar-refractivity contribution in [1.29, 1.82) is 0 Å². The summed E-state index contributed by atoms with van der Waals surface area (Å²) in [4.78, 5) is 0. The Morgan fingerprint density at radius 2 is 2.04 bits per heavy atom. The molecule has 0 saturated heterocycles. The van der Waals surface area contributed by atoms with Crippen molar-refractivity contribution in [1.82, 2.24) is 0 Å². The van der Waals surface area contributed by atoms with E-state index in [1.54, 1.807) is 25.5 Å². The van der Waals surface area contributed by atoms with Crippen LogP contribution in [-0.4, -0.2) is 19.9 Å². The smallest absolute Gasteiger partial charge is 0.137 e. The molecule has 2 aromatic carbocycles. The molecule has 5 heteroatoms. The number of anilines is 1. The van der Waals surface area contributed by atoms with Crippen LogP contribution < -0.4 is 14.9 Å². The number of hydrogen-bond acceptors (Lipinski definition) is 4. The Balaban J connectivity index is 1.97. The Morgan fingerprint density at radius 3 is 2.74 bits per heavy atom. The van der Waals surface area contributed by atoms with Gasteiger partial charge in [0.25, 0.3) is 0 Å². The highest BCUT2D eigenvalue weighted by molar-refractivity contribution is 6.32. The summed E-state index contributed by atoms with van der Waals surface area (Å²) in [6.45, 7) is 4.94. The summed E-state index contributed by atoms with van der Waals surface area (Å²) in [5, 5.41) is 4.75. The Morgan fingerprint density at radius 1 is 1.22 bits per heavy atom. The minimum atomic E-state index is 0.494. The van der Waals surface area contributed by atoms with Gasteiger partial charge in [0.05, 0.1) is 30.6 Å². The molecule has 0 atom stereocenters. The predicted octanol–water partition coefficient (Wildman–Crippen LogP) is 4.83. The number of rotatable bonds is 7. The van der Waals surface area contributed by atoms with E-state index in [0.29, 0.717) is 23.3 Å². The van der Waals surface area contributed by atoms with E-state index in [1.807, 2.05) is 30.3 Å². The molecular formula is C18H21ClN2O2. The Bertz CT molecular complexity index is 672. The molecule has 0 radical (unpaired) electrons. The number of benzene rings is 2. The van der Waals surface area contributed by atoms with Crippen molar-refractivity contribution < 1.29 is 9.47 Å². The van der Waals surface area contributed by atoms with Crippen molar-refractivity contribution in [2.45, 2.75) is 13.8 Å². The molecule has 0 fully saturated rings. The standard InChI is InChI=1S/C18H21ClN2O2/c1-13(2)12-23-16-6-4-5-14(9-16)11-20-21-15-7-8-18(22-3)17(19)10-15/h4-11,13,21H,12H2,1-3H3/b20-11+. The molecule has 0 aliphatic rings. The second-order valence-electron chi connectivity index (χ2n) is 5.50. The molecular weight excluding hydrogens is 312 g/mol. The molecule has 0 spiro atoms. The maximum Gasteiger partial charge on any atom is 0.137 e. The van der Waals surface area contributed by atoms with E-state index in [4.69, 9.17) is 21.1 Å². The minimum absolute atomic E-state index is 0.494. The Hall–Kier alpha value is -2.20. The van der Waals surface area contributed by atoms with E-state index in [-0.39, 0.29) is 0 Å². The van der Waals surface area contributed by atoms with Crippen molar-refractivity contribution in [2.24, 2.45) is 11.0 Å². The van der Waals surface area contributed by atoms with Crippen LogP contribution in [0.4, 0.5) is 5.69 Å². The fraction of sp³-hybridized carbons (Fsp3) is 0.278. The topological polar surface area (TPSA) is 42.8 Å². The lowest BCUT2D eigenvalue weighted by Gasteiger charge is -2.08. The quantitative estimate of drug-likeness (QED) is 0.583. The highest BCUT2D eigenvalue weighted by Crippen LogP contribution is 2.27. The third-order valence-electron chi connectivity index (χ3n) is 3.00. The summed E-state index contributed by atoms with van der Waals surface area (Å²) >= 11 is 6.07. The van der Waals surface area contributed by atoms with Gasteiger partial charge in [-0.15, -0.1) is 0 Å². The van der Waals surface area contributed by atoms with E-state index >= 15 is 0 Å². The van der Waals surface area contributed by atoms with E-state index in [2.05, 4.69) is 24.4 Å². The lowest BCUT2D eigenvalue weighted by atomic mass is 10.2. The average Bonchev–Trinajstić information content (AvgIpc) is 2.53.